The summed E-state index contributed by atoms with van der Waals surface area (Å²) in [5, 5.41) is 4.37. The maximum absolute atomic E-state index is 12.5. The summed E-state index contributed by atoms with van der Waals surface area (Å²) in [5.41, 5.74) is 2.97. The molecule has 2 aromatic heterocycles. The molecule has 6 heteroatoms. The molecule has 118 valence electrons. The third kappa shape index (κ3) is 2.87. The highest BCUT2D eigenvalue weighted by Gasteiger charge is 2.11. The number of nitrogens with zero attached hydrogens (tertiary/aromatic N) is 3. The number of hydrogen-bond donors (Lipinski definition) is 0. The molecule has 0 atom stereocenters. The number of benzene rings is 2. The van der Waals surface area contributed by atoms with Gasteiger partial charge >= 0.3 is 0 Å². The van der Waals surface area contributed by atoms with E-state index >= 15 is 0 Å². The van der Waals surface area contributed by atoms with Crippen LogP contribution in [-0.2, 0) is 0 Å². The summed E-state index contributed by atoms with van der Waals surface area (Å²) in [5.74, 6) is 0.583. The summed E-state index contributed by atoms with van der Waals surface area (Å²) < 4.78 is 3.19. The lowest BCUT2D eigenvalue weighted by molar-refractivity contribution is 0.937. The Morgan fingerprint density at radius 3 is 2.46 bits per heavy atom. The standard InChI is InChI=1S/C18H12IN3OS/c1-11-2-6-13(7-3-11)16-20-18-22(21-16)17(23)15(24-18)10-12-4-8-14(19)9-5-12/h2-10H,1H3/b15-10+. The van der Waals surface area contributed by atoms with Crippen molar-refractivity contribution in [3.63, 3.8) is 0 Å². The second-order valence-corrected chi connectivity index (χ2v) is 7.72. The van der Waals surface area contributed by atoms with Crippen LogP contribution < -0.4 is 10.1 Å². The molecule has 4 nitrogen and oxygen atoms in total. The molecule has 0 bridgehead atoms. The molecular weight excluding hydrogens is 433 g/mol. The Morgan fingerprint density at radius 2 is 1.79 bits per heavy atom. The molecule has 0 amide bonds. The van der Waals surface area contributed by atoms with Crippen LogP contribution >= 0.6 is 33.9 Å². The lowest BCUT2D eigenvalue weighted by Crippen LogP contribution is -2.23. The third-order valence-electron chi connectivity index (χ3n) is 3.66. The van der Waals surface area contributed by atoms with Gasteiger partial charge in [0.25, 0.3) is 5.56 Å². The number of aryl methyl sites for hydroxylation is 1. The fourth-order valence-electron chi connectivity index (χ4n) is 2.37. The first-order valence-corrected chi connectivity index (χ1v) is 9.23. The zero-order valence-corrected chi connectivity index (χ0v) is 15.7. The van der Waals surface area contributed by atoms with Crippen molar-refractivity contribution in [1.29, 1.82) is 0 Å². The normalized spacial score (nSPS) is 12.2. The predicted octanol–water partition coefficient (Wildman–Crippen LogP) is 3.28. The molecule has 0 radical (unpaired) electrons. The zero-order chi connectivity index (χ0) is 16.7. The first-order valence-electron chi connectivity index (χ1n) is 7.34. The average Bonchev–Trinajstić information content (AvgIpc) is 3.11. The molecule has 0 fully saturated rings. The van der Waals surface area contributed by atoms with Crippen LogP contribution in [0.1, 0.15) is 11.1 Å². The van der Waals surface area contributed by atoms with E-state index < -0.39 is 0 Å². The first kappa shape index (κ1) is 15.5. The van der Waals surface area contributed by atoms with Crippen molar-refractivity contribution in [3.8, 4) is 11.4 Å². The number of halogens is 1. The molecular formula is C18H12IN3OS. The minimum Gasteiger partial charge on any atom is -0.266 e. The van der Waals surface area contributed by atoms with Gasteiger partial charge in [-0.05, 0) is 53.3 Å². The summed E-state index contributed by atoms with van der Waals surface area (Å²) >= 11 is 3.62. The van der Waals surface area contributed by atoms with Crippen LogP contribution in [0.2, 0.25) is 0 Å². The van der Waals surface area contributed by atoms with Crippen LogP contribution in [-0.4, -0.2) is 14.6 Å². The van der Waals surface area contributed by atoms with Gasteiger partial charge in [-0.1, -0.05) is 53.3 Å². The second-order valence-electron chi connectivity index (χ2n) is 5.46. The van der Waals surface area contributed by atoms with Gasteiger partial charge in [0.2, 0.25) is 4.96 Å². The smallest absolute Gasteiger partial charge is 0.266 e. The molecule has 24 heavy (non-hydrogen) atoms. The Kier molecular flexibility index (Phi) is 3.93. The molecule has 0 saturated heterocycles. The van der Waals surface area contributed by atoms with Gasteiger partial charge in [-0.2, -0.15) is 9.50 Å². The second kappa shape index (κ2) is 6.10. The van der Waals surface area contributed by atoms with E-state index in [1.165, 1.54) is 21.4 Å². The van der Waals surface area contributed by atoms with Crippen LogP contribution in [0.15, 0.2) is 53.3 Å². The van der Waals surface area contributed by atoms with Gasteiger partial charge in [-0.25, -0.2) is 0 Å². The van der Waals surface area contributed by atoms with Gasteiger partial charge in [0.15, 0.2) is 5.82 Å². The van der Waals surface area contributed by atoms with E-state index in [0.29, 0.717) is 15.3 Å². The van der Waals surface area contributed by atoms with E-state index in [4.69, 9.17) is 0 Å². The zero-order valence-electron chi connectivity index (χ0n) is 12.7. The van der Waals surface area contributed by atoms with Crippen LogP contribution in [0.3, 0.4) is 0 Å². The minimum absolute atomic E-state index is 0.126. The number of aromatic nitrogens is 3. The number of thiazole rings is 1. The van der Waals surface area contributed by atoms with Crippen molar-refractivity contribution < 1.29 is 0 Å². The fourth-order valence-corrected chi connectivity index (χ4v) is 3.64. The van der Waals surface area contributed by atoms with Crippen LogP contribution in [0, 0.1) is 10.5 Å². The lowest BCUT2D eigenvalue weighted by atomic mass is 10.1. The van der Waals surface area contributed by atoms with Gasteiger partial charge < -0.3 is 0 Å². The average molecular weight is 445 g/mol. The highest BCUT2D eigenvalue weighted by atomic mass is 127. The molecule has 0 saturated carbocycles. The van der Waals surface area contributed by atoms with E-state index in [1.54, 1.807) is 0 Å². The summed E-state index contributed by atoms with van der Waals surface area (Å²) in [4.78, 5) is 17.7. The number of hydrogen-bond acceptors (Lipinski definition) is 4. The highest BCUT2D eigenvalue weighted by Crippen LogP contribution is 2.17. The molecule has 0 spiro atoms. The van der Waals surface area contributed by atoms with E-state index in [-0.39, 0.29) is 5.56 Å². The van der Waals surface area contributed by atoms with Crippen LogP contribution in [0.25, 0.3) is 22.4 Å². The Bertz CT molecular complexity index is 1130. The number of fused-ring (bicyclic) bond motifs is 1. The Hall–Kier alpha value is -2.06. The highest BCUT2D eigenvalue weighted by molar-refractivity contribution is 14.1. The van der Waals surface area contributed by atoms with Gasteiger partial charge in [0.05, 0.1) is 4.53 Å². The maximum Gasteiger partial charge on any atom is 0.291 e. The molecule has 4 rings (SSSR count). The van der Waals surface area contributed by atoms with Crippen molar-refractivity contribution in [2.24, 2.45) is 0 Å². The largest absolute Gasteiger partial charge is 0.291 e. The Balaban J connectivity index is 1.79. The lowest BCUT2D eigenvalue weighted by Gasteiger charge is -1.95. The topological polar surface area (TPSA) is 47.3 Å². The molecule has 0 unspecified atom stereocenters. The minimum atomic E-state index is -0.126. The third-order valence-corrected chi connectivity index (χ3v) is 5.34. The number of rotatable bonds is 2. The molecule has 0 aliphatic rings. The van der Waals surface area contributed by atoms with E-state index in [1.807, 2.05) is 61.5 Å². The Labute approximate surface area is 155 Å². The Morgan fingerprint density at radius 1 is 1.08 bits per heavy atom. The van der Waals surface area contributed by atoms with Gasteiger partial charge in [-0.3, -0.25) is 4.79 Å². The molecule has 0 aliphatic carbocycles. The van der Waals surface area contributed by atoms with Crippen LogP contribution in [0.4, 0.5) is 0 Å². The molecule has 2 aromatic carbocycles. The first-order chi connectivity index (χ1) is 11.6. The quantitative estimate of drug-likeness (QED) is 0.445. The molecule has 2 heterocycles. The van der Waals surface area contributed by atoms with Crippen LogP contribution in [0.5, 0.6) is 0 Å². The van der Waals surface area contributed by atoms with E-state index in [9.17, 15) is 4.79 Å². The summed E-state index contributed by atoms with van der Waals surface area (Å²) in [6, 6.07) is 16.0. The summed E-state index contributed by atoms with van der Waals surface area (Å²) in [7, 11) is 0. The molecule has 4 aromatic rings. The van der Waals surface area contributed by atoms with Gasteiger partial charge in [0.1, 0.15) is 0 Å². The van der Waals surface area contributed by atoms with Crippen molar-refractivity contribution in [1.82, 2.24) is 14.6 Å². The van der Waals surface area contributed by atoms with Crippen molar-refractivity contribution in [2.75, 3.05) is 0 Å². The van der Waals surface area contributed by atoms with Crippen molar-refractivity contribution in [3.05, 3.63) is 78.1 Å². The fraction of sp³-hybridized carbons (Fsp3) is 0.0556. The summed E-state index contributed by atoms with van der Waals surface area (Å²) in [6.07, 6.45) is 1.88. The van der Waals surface area contributed by atoms with Gasteiger partial charge in [-0.15, -0.1) is 5.10 Å². The van der Waals surface area contributed by atoms with Crippen molar-refractivity contribution in [2.45, 2.75) is 6.92 Å². The van der Waals surface area contributed by atoms with E-state index in [0.717, 1.165) is 14.7 Å². The maximum atomic E-state index is 12.5. The van der Waals surface area contributed by atoms with Crippen molar-refractivity contribution >= 4 is 45.0 Å². The predicted molar refractivity (Wildman–Crippen MR) is 105 cm³/mol. The molecule has 0 N–H and O–H groups in total. The summed E-state index contributed by atoms with van der Waals surface area (Å²) in [6.45, 7) is 2.03. The van der Waals surface area contributed by atoms with E-state index in [2.05, 4.69) is 32.7 Å². The molecule has 0 aliphatic heterocycles. The monoisotopic (exact) mass is 445 g/mol. The van der Waals surface area contributed by atoms with Gasteiger partial charge in [0, 0.05) is 9.13 Å². The SMILES string of the molecule is Cc1ccc(-c2nc3s/c(=C/c4ccc(I)cc4)c(=O)n3n2)cc1.